The van der Waals surface area contributed by atoms with Crippen LogP contribution in [-0.2, 0) is 6.42 Å². The molecule has 2 rings (SSSR count). The van der Waals surface area contributed by atoms with Gasteiger partial charge >= 0.3 is 0 Å². The molecule has 1 unspecified atom stereocenters. The normalized spacial score (nSPS) is 12.4. The first-order valence-electron chi connectivity index (χ1n) is 6.08. The first-order chi connectivity index (χ1) is 9.52. The smallest absolute Gasteiger partial charge is 0.137 e. The highest BCUT2D eigenvalue weighted by Gasteiger charge is 2.16. The molecule has 2 aromatic rings. The van der Waals surface area contributed by atoms with Gasteiger partial charge in [-0.15, -0.1) is 0 Å². The molecular formula is C15H13BrClF2N. The predicted molar refractivity (Wildman–Crippen MR) is 81.0 cm³/mol. The van der Waals surface area contributed by atoms with Gasteiger partial charge in [0.15, 0.2) is 0 Å². The summed E-state index contributed by atoms with van der Waals surface area (Å²) in [6.07, 6.45) is 0.350. The predicted octanol–water partition coefficient (Wildman–Crippen LogP) is 4.88. The zero-order valence-electron chi connectivity index (χ0n) is 10.8. The number of benzene rings is 2. The summed E-state index contributed by atoms with van der Waals surface area (Å²) in [5, 5.41) is 3.44. The van der Waals surface area contributed by atoms with E-state index in [0.29, 0.717) is 21.5 Å². The Morgan fingerprint density at radius 3 is 2.55 bits per heavy atom. The van der Waals surface area contributed by atoms with Crippen molar-refractivity contribution in [1.29, 1.82) is 0 Å². The van der Waals surface area contributed by atoms with Gasteiger partial charge < -0.3 is 5.32 Å². The van der Waals surface area contributed by atoms with Gasteiger partial charge in [-0.3, -0.25) is 0 Å². The van der Waals surface area contributed by atoms with Gasteiger partial charge in [0.05, 0.1) is 4.47 Å². The lowest BCUT2D eigenvalue weighted by Crippen LogP contribution is -2.19. The second kappa shape index (κ2) is 6.66. The monoisotopic (exact) mass is 359 g/mol. The van der Waals surface area contributed by atoms with E-state index in [9.17, 15) is 8.78 Å². The van der Waals surface area contributed by atoms with Gasteiger partial charge in [0.1, 0.15) is 11.6 Å². The van der Waals surface area contributed by atoms with E-state index in [1.165, 1.54) is 12.1 Å². The summed E-state index contributed by atoms with van der Waals surface area (Å²) in [5.74, 6) is -0.697. The maximum atomic E-state index is 13.8. The molecule has 0 fully saturated rings. The maximum absolute atomic E-state index is 13.8. The SMILES string of the molecule is CNC(Cc1c(F)cccc1Cl)c1ccc(Br)c(F)c1. The Labute approximate surface area is 130 Å². The Balaban J connectivity index is 2.31. The van der Waals surface area contributed by atoms with Gasteiger partial charge in [0, 0.05) is 16.6 Å². The first-order valence-corrected chi connectivity index (χ1v) is 7.25. The summed E-state index contributed by atoms with van der Waals surface area (Å²) in [6, 6.07) is 9.23. The third-order valence-corrected chi connectivity index (χ3v) is 4.16. The molecule has 20 heavy (non-hydrogen) atoms. The van der Waals surface area contributed by atoms with E-state index in [1.807, 2.05) is 0 Å². The molecule has 1 N–H and O–H groups in total. The fourth-order valence-corrected chi connectivity index (χ4v) is 2.53. The molecule has 0 saturated heterocycles. The van der Waals surface area contributed by atoms with E-state index in [2.05, 4.69) is 21.2 Å². The van der Waals surface area contributed by atoms with Crippen LogP contribution in [0.15, 0.2) is 40.9 Å². The molecule has 5 heteroatoms. The van der Waals surface area contributed by atoms with Crippen molar-refractivity contribution in [2.24, 2.45) is 0 Å². The van der Waals surface area contributed by atoms with E-state index in [-0.39, 0.29) is 17.7 Å². The lowest BCUT2D eigenvalue weighted by Gasteiger charge is -2.18. The van der Waals surface area contributed by atoms with E-state index < -0.39 is 0 Å². The molecule has 0 aliphatic heterocycles. The molecule has 0 aliphatic carbocycles. The zero-order chi connectivity index (χ0) is 14.7. The van der Waals surface area contributed by atoms with E-state index in [0.717, 1.165) is 5.56 Å². The van der Waals surface area contributed by atoms with Gasteiger partial charge in [-0.2, -0.15) is 0 Å². The van der Waals surface area contributed by atoms with Crippen molar-refractivity contribution in [3.63, 3.8) is 0 Å². The number of hydrogen-bond donors (Lipinski definition) is 1. The van der Waals surface area contributed by atoms with Crippen molar-refractivity contribution < 1.29 is 8.78 Å². The summed E-state index contributed by atoms with van der Waals surface area (Å²) in [4.78, 5) is 0. The van der Waals surface area contributed by atoms with E-state index >= 15 is 0 Å². The van der Waals surface area contributed by atoms with Crippen LogP contribution in [0.3, 0.4) is 0 Å². The van der Waals surface area contributed by atoms with Crippen LogP contribution >= 0.6 is 27.5 Å². The van der Waals surface area contributed by atoms with Crippen LogP contribution in [0, 0.1) is 11.6 Å². The summed E-state index contributed by atoms with van der Waals surface area (Å²) < 4.78 is 27.8. The molecule has 0 bridgehead atoms. The summed E-state index contributed by atoms with van der Waals surface area (Å²) in [5.41, 5.74) is 1.17. The van der Waals surface area contributed by atoms with Crippen LogP contribution in [0.2, 0.25) is 5.02 Å². The maximum Gasteiger partial charge on any atom is 0.137 e. The van der Waals surface area contributed by atoms with Crippen molar-refractivity contribution in [2.45, 2.75) is 12.5 Å². The molecule has 0 aromatic heterocycles. The van der Waals surface area contributed by atoms with Crippen LogP contribution < -0.4 is 5.32 Å². The highest BCUT2D eigenvalue weighted by Crippen LogP contribution is 2.27. The Morgan fingerprint density at radius 1 is 1.20 bits per heavy atom. The lowest BCUT2D eigenvalue weighted by atomic mass is 9.98. The van der Waals surface area contributed by atoms with Crippen molar-refractivity contribution in [3.05, 3.63) is 68.7 Å². The number of likely N-dealkylation sites (N-methyl/N-ethyl adjacent to an activating group) is 1. The van der Waals surface area contributed by atoms with E-state index in [1.54, 1.807) is 31.3 Å². The van der Waals surface area contributed by atoms with Crippen molar-refractivity contribution in [2.75, 3.05) is 7.05 Å². The van der Waals surface area contributed by atoms with Crippen LogP contribution in [0.1, 0.15) is 17.2 Å². The third kappa shape index (κ3) is 3.37. The van der Waals surface area contributed by atoms with Gasteiger partial charge in [-0.1, -0.05) is 23.7 Å². The fourth-order valence-electron chi connectivity index (χ4n) is 2.05. The second-order valence-electron chi connectivity index (χ2n) is 4.42. The molecule has 0 spiro atoms. The average molecular weight is 361 g/mol. The Kier molecular flexibility index (Phi) is 5.13. The Morgan fingerprint density at radius 2 is 1.95 bits per heavy atom. The van der Waals surface area contributed by atoms with Crippen molar-refractivity contribution >= 4 is 27.5 Å². The number of halogens is 4. The summed E-state index contributed by atoms with van der Waals surface area (Å²) in [6.45, 7) is 0. The molecule has 0 aliphatic rings. The zero-order valence-corrected chi connectivity index (χ0v) is 13.1. The molecule has 1 atom stereocenters. The minimum Gasteiger partial charge on any atom is -0.313 e. The first kappa shape index (κ1) is 15.4. The van der Waals surface area contributed by atoms with Crippen LogP contribution in [0.4, 0.5) is 8.78 Å². The van der Waals surface area contributed by atoms with E-state index in [4.69, 9.17) is 11.6 Å². The van der Waals surface area contributed by atoms with Gasteiger partial charge in [-0.25, -0.2) is 8.78 Å². The molecule has 2 aromatic carbocycles. The minimum absolute atomic E-state index is 0.216. The minimum atomic E-state index is -0.352. The van der Waals surface area contributed by atoms with Crippen LogP contribution in [0.25, 0.3) is 0 Å². The lowest BCUT2D eigenvalue weighted by molar-refractivity contribution is 0.548. The number of rotatable bonds is 4. The molecule has 0 amide bonds. The molecule has 1 nitrogen and oxygen atoms in total. The molecule has 0 radical (unpaired) electrons. The Bertz CT molecular complexity index is 599. The van der Waals surface area contributed by atoms with Gasteiger partial charge in [0.25, 0.3) is 0 Å². The van der Waals surface area contributed by atoms with Crippen molar-refractivity contribution in [1.82, 2.24) is 5.32 Å². The Hall–Kier alpha value is -0.970. The summed E-state index contributed by atoms with van der Waals surface area (Å²) >= 11 is 9.14. The van der Waals surface area contributed by atoms with Gasteiger partial charge in [-0.05, 0) is 59.2 Å². The molecule has 0 heterocycles. The third-order valence-electron chi connectivity index (χ3n) is 3.16. The van der Waals surface area contributed by atoms with Crippen molar-refractivity contribution in [3.8, 4) is 0 Å². The fraction of sp³-hybridized carbons (Fsp3) is 0.200. The molecule has 0 saturated carbocycles. The average Bonchev–Trinajstić information content (AvgIpc) is 2.42. The number of hydrogen-bond acceptors (Lipinski definition) is 1. The topological polar surface area (TPSA) is 12.0 Å². The highest BCUT2D eigenvalue weighted by molar-refractivity contribution is 9.10. The molecule has 106 valence electrons. The quantitative estimate of drug-likeness (QED) is 0.819. The standard InChI is InChI=1S/C15H13BrClF2N/c1-20-15(9-5-6-11(16)14(19)7-9)8-10-12(17)3-2-4-13(10)18/h2-7,15,20H,8H2,1H3. The number of nitrogens with one attached hydrogen (secondary N) is 1. The summed E-state index contributed by atoms with van der Waals surface area (Å²) in [7, 11) is 1.75. The highest BCUT2D eigenvalue weighted by atomic mass is 79.9. The molecular weight excluding hydrogens is 348 g/mol. The largest absolute Gasteiger partial charge is 0.313 e. The second-order valence-corrected chi connectivity index (χ2v) is 5.68. The van der Waals surface area contributed by atoms with Gasteiger partial charge in [0.2, 0.25) is 0 Å². The van der Waals surface area contributed by atoms with Crippen LogP contribution in [0.5, 0.6) is 0 Å². The van der Waals surface area contributed by atoms with Crippen LogP contribution in [-0.4, -0.2) is 7.05 Å².